The third kappa shape index (κ3) is 4.01. The summed E-state index contributed by atoms with van der Waals surface area (Å²) in [5.74, 6) is -0.159. The third-order valence-electron chi connectivity index (χ3n) is 3.39. The molecular formula is C18H22FNS. The summed E-state index contributed by atoms with van der Waals surface area (Å²) >= 11 is 1.51. The smallest absolute Gasteiger partial charge is 0.129 e. The van der Waals surface area contributed by atoms with Crippen molar-refractivity contribution in [3.8, 4) is 0 Å². The predicted octanol–water partition coefficient (Wildman–Crippen LogP) is 5.86. The van der Waals surface area contributed by atoms with Crippen LogP contribution in [0, 0.1) is 19.7 Å². The van der Waals surface area contributed by atoms with Gasteiger partial charge in [-0.05, 0) is 60.5 Å². The van der Waals surface area contributed by atoms with Crippen molar-refractivity contribution in [2.24, 2.45) is 0 Å². The summed E-state index contributed by atoms with van der Waals surface area (Å²) in [6.45, 7) is 10.2. The van der Waals surface area contributed by atoms with Crippen LogP contribution in [0.25, 0.3) is 0 Å². The van der Waals surface area contributed by atoms with Gasteiger partial charge in [0.2, 0.25) is 0 Å². The molecule has 0 saturated heterocycles. The molecule has 1 N–H and O–H groups in total. The topological polar surface area (TPSA) is 12.0 Å². The number of anilines is 1. The maximum Gasteiger partial charge on any atom is 0.129 e. The lowest BCUT2D eigenvalue weighted by atomic mass is 9.86. The molecule has 21 heavy (non-hydrogen) atoms. The van der Waals surface area contributed by atoms with Crippen molar-refractivity contribution in [1.29, 1.82) is 0 Å². The Morgan fingerprint density at radius 3 is 2.29 bits per heavy atom. The van der Waals surface area contributed by atoms with Crippen LogP contribution in [0.5, 0.6) is 0 Å². The van der Waals surface area contributed by atoms with E-state index in [0.29, 0.717) is 0 Å². The number of benzene rings is 2. The van der Waals surface area contributed by atoms with Gasteiger partial charge in [-0.1, -0.05) is 44.5 Å². The lowest BCUT2D eigenvalue weighted by Gasteiger charge is -2.20. The average molecular weight is 303 g/mol. The maximum atomic E-state index is 14.2. The van der Waals surface area contributed by atoms with E-state index in [2.05, 4.69) is 36.8 Å². The fraction of sp³-hybridized carbons (Fsp3) is 0.333. The Morgan fingerprint density at radius 2 is 1.71 bits per heavy atom. The largest absolute Gasteiger partial charge is 0.326 e. The van der Waals surface area contributed by atoms with Crippen LogP contribution in [0.3, 0.4) is 0 Å². The molecular weight excluding hydrogens is 281 g/mol. The molecule has 0 bridgehead atoms. The van der Waals surface area contributed by atoms with Gasteiger partial charge in [-0.3, -0.25) is 0 Å². The second kappa shape index (κ2) is 6.10. The standard InChI is InChI=1S/C18H22FNS/c1-12-6-9-17(13(2)10-12)21-20-14-7-8-15(16(19)11-14)18(3,4)5/h6-11,20H,1-5H3. The highest BCUT2D eigenvalue weighted by molar-refractivity contribution is 8.00. The first kappa shape index (κ1) is 15.9. The fourth-order valence-corrected chi connectivity index (χ4v) is 2.93. The molecule has 0 aromatic heterocycles. The molecule has 0 aliphatic rings. The second-order valence-electron chi connectivity index (χ2n) is 6.42. The highest BCUT2D eigenvalue weighted by atomic mass is 32.2. The summed E-state index contributed by atoms with van der Waals surface area (Å²) in [7, 11) is 0. The van der Waals surface area contributed by atoms with E-state index in [1.165, 1.54) is 23.1 Å². The van der Waals surface area contributed by atoms with Gasteiger partial charge in [0.15, 0.2) is 0 Å². The van der Waals surface area contributed by atoms with Gasteiger partial charge >= 0.3 is 0 Å². The quantitative estimate of drug-likeness (QED) is 0.713. The SMILES string of the molecule is Cc1ccc(SNc2ccc(C(C)(C)C)c(F)c2)c(C)c1. The van der Waals surface area contributed by atoms with Crippen LogP contribution in [-0.4, -0.2) is 0 Å². The van der Waals surface area contributed by atoms with Gasteiger partial charge in [0.25, 0.3) is 0 Å². The zero-order valence-corrected chi connectivity index (χ0v) is 14.1. The van der Waals surface area contributed by atoms with Gasteiger partial charge in [-0.15, -0.1) is 0 Å². The number of hydrogen-bond acceptors (Lipinski definition) is 2. The van der Waals surface area contributed by atoms with Crippen LogP contribution in [0.4, 0.5) is 10.1 Å². The van der Waals surface area contributed by atoms with Crippen LogP contribution >= 0.6 is 11.9 Å². The summed E-state index contributed by atoms with van der Waals surface area (Å²) in [6, 6.07) is 11.7. The highest BCUT2D eigenvalue weighted by Crippen LogP contribution is 2.29. The minimum absolute atomic E-state index is 0.159. The van der Waals surface area contributed by atoms with Gasteiger partial charge in [0.05, 0.1) is 0 Å². The van der Waals surface area contributed by atoms with E-state index in [1.54, 1.807) is 6.07 Å². The minimum Gasteiger partial charge on any atom is -0.326 e. The number of rotatable bonds is 3. The molecule has 1 nitrogen and oxygen atoms in total. The Hall–Kier alpha value is -1.48. The highest BCUT2D eigenvalue weighted by Gasteiger charge is 2.18. The summed E-state index contributed by atoms with van der Waals surface area (Å²) in [6.07, 6.45) is 0. The van der Waals surface area contributed by atoms with Crippen LogP contribution in [0.2, 0.25) is 0 Å². The second-order valence-corrected chi connectivity index (χ2v) is 7.27. The molecule has 0 radical (unpaired) electrons. The van der Waals surface area contributed by atoms with Crippen molar-refractivity contribution in [3.63, 3.8) is 0 Å². The van der Waals surface area contributed by atoms with Crippen LogP contribution in [0.15, 0.2) is 41.3 Å². The Morgan fingerprint density at radius 1 is 1.00 bits per heavy atom. The first-order valence-corrected chi connectivity index (χ1v) is 7.89. The molecule has 0 atom stereocenters. The molecule has 0 aliphatic heterocycles. The molecule has 0 spiro atoms. The lowest BCUT2D eigenvalue weighted by molar-refractivity contribution is 0.523. The monoisotopic (exact) mass is 303 g/mol. The van der Waals surface area contributed by atoms with Crippen LogP contribution < -0.4 is 4.72 Å². The van der Waals surface area contributed by atoms with Crippen molar-refractivity contribution >= 4 is 17.6 Å². The van der Waals surface area contributed by atoms with E-state index in [-0.39, 0.29) is 11.2 Å². The molecule has 2 rings (SSSR count). The van der Waals surface area contributed by atoms with Gasteiger partial charge in [-0.25, -0.2) is 4.39 Å². The van der Waals surface area contributed by atoms with Crippen molar-refractivity contribution in [3.05, 3.63) is 58.9 Å². The summed E-state index contributed by atoms with van der Waals surface area (Å²) in [4.78, 5) is 1.15. The summed E-state index contributed by atoms with van der Waals surface area (Å²) < 4.78 is 17.4. The lowest BCUT2D eigenvalue weighted by Crippen LogP contribution is -2.13. The third-order valence-corrected chi connectivity index (χ3v) is 4.40. The summed E-state index contributed by atoms with van der Waals surface area (Å²) in [5, 5.41) is 0. The zero-order chi connectivity index (χ0) is 15.6. The predicted molar refractivity (Wildman–Crippen MR) is 90.5 cm³/mol. The molecule has 2 aromatic rings. The minimum atomic E-state index is -0.177. The van der Waals surface area contributed by atoms with Gasteiger partial charge in [-0.2, -0.15) is 0 Å². The average Bonchev–Trinajstić information content (AvgIpc) is 2.36. The Balaban J connectivity index is 2.12. The molecule has 0 unspecified atom stereocenters. The maximum absolute atomic E-state index is 14.2. The van der Waals surface area contributed by atoms with Gasteiger partial charge in [0.1, 0.15) is 5.82 Å². The van der Waals surface area contributed by atoms with E-state index < -0.39 is 0 Å². The first-order chi connectivity index (χ1) is 9.77. The van der Waals surface area contributed by atoms with Crippen LogP contribution in [0.1, 0.15) is 37.5 Å². The normalized spacial score (nSPS) is 11.5. The van der Waals surface area contributed by atoms with E-state index in [1.807, 2.05) is 32.9 Å². The van der Waals surface area contributed by atoms with E-state index >= 15 is 0 Å². The van der Waals surface area contributed by atoms with Crippen molar-refractivity contribution < 1.29 is 4.39 Å². The van der Waals surface area contributed by atoms with E-state index in [9.17, 15) is 4.39 Å². The van der Waals surface area contributed by atoms with Crippen molar-refractivity contribution in [2.75, 3.05) is 4.72 Å². The molecule has 0 fully saturated rings. The number of hydrogen-bond donors (Lipinski definition) is 1. The van der Waals surface area contributed by atoms with E-state index in [0.717, 1.165) is 16.1 Å². The van der Waals surface area contributed by atoms with Gasteiger partial charge < -0.3 is 4.72 Å². The Kier molecular flexibility index (Phi) is 4.62. The number of halogens is 1. The van der Waals surface area contributed by atoms with Gasteiger partial charge in [0, 0.05) is 10.6 Å². The first-order valence-electron chi connectivity index (χ1n) is 7.07. The zero-order valence-electron chi connectivity index (χ0n) is 13.3. The molecule has 0 saturated carbocycles. The Bertz CT molecular complexity index is 644. The summed E-state index contributed by atoms with van der Waals surface area (Å²) in [5.41, 5.74) is 3.82. The Labute approximate surface area is 131 Å². The van der Waals surface area contributed by atoms with Crippen molar-refractivity contribution in [1.82, 2.24) is 0 Å². The molecule has 112 valence electrons. The van der Waals surface area contributed by atoms with Crippen molar-refractivity contribution in [2.45, 2.75) is 44.9 Å². The molecule has 0 aliphatic carbocycles. The fourth-order valence-electron chi connectivity index (χ4n) is 2.21. The molecule has 3 heteroatoms. The molecule has 0 heterocycles. The van der Waals surface area contributed by atoms with E-state index in [4.69, 9.17) is 0 Å². The number of aryl methyl sites for hydroxylation is 2. The molecule has 0 amide bonds. The molecule has 2 aromatic carbocycles. The number of nitrogens with one attached hydrogen (secondary N) is 1. The van der Waals surface area contributed by atoms with Crippen LogP contribution in [-0.2, 0) is 5.41 Å².